The zero-order valence-electron chi connectivity index (χ0n) is 20.4. The van der Waals surface area contributed by atoms with Crippen molar-refractivity contribution in [3.63, 3.8) is 0 Å². The van der Waals surface area contributed by atoms with Gasteiger partial charge in [-0.1, -0.05) is 0 Å². The number of carbonyl (C=O) groups excluding carboxylic acids is 1. The maximum atomic E-state index is 12.6. The van der Waals surface area contributed by atoms with Crippen molar-refractivity contribution in [1.29, 1.82) is 0 Å². The fraction of sp³-hybridized carbons (Fsp3) is 0.727. The van der Waals surface area contributed by atoms with Crippen molar-refractivity contribution >= 4 is 23.6 Å². The first-order chi connectivity index (χ1) is 15.4. The number of aromatic nitrogens is 2. The van der Waals surface area contributed by atoms with E-state index < -0.39 is 11.6 Å². The molecular weight excluding hydrogens is 428 g/mol. The van der Waals surface area contributed by atoms with Gasteiger partial charge in [0.25, 0.3) is 0 Å². The maximum absolute atomic E-state index is 12.6. The number of hydrogen-bond donors (Lipinski definition) is 2. The molecule has 3 rings (SSSR count). The van der Waals surface area contributed by atoms with E-state index >= 15 is 0 Å². The number of amides is 1. The van der Waals surface area contributed by atoms with Crippen LogP contribution in [-0.2, 0) is 4.74 Å². The lowest BCUT2D eigenvalue weighted by Gasteiger charge is -2.45. The number of likely N-dealkylation sites (tertiary alicyclic amines) is 1. The summed E-state index contributed by atoms with van der Waals surface area (Å²) in [5, 5.41) is 9.67. The Bertz CT molecular complexity index is 877. The van der Waals surface area contributed by atoms with Crippen molar-refractivity contribution in [2.24, 2.45) is 0 Å². The molecule has 0 aliphatic carbocycles. The van der Waals surface area contributed by atoms with Crippen LogP contribution in [0.1, 0.15) is 57.9 Å². The summed E-state index contributed by atoms with van der Waals surface area (Å²) < 4.78 is 11.3. The van der Waals surface area contributed by atoms with Gasteiger partial charge >= 0.3 is 18.1 Å². The van der Waals surface area contributed by atoms with Crippen LogP contribution in [0.4, 0.5) is 16.3 Å². The second kappa shape index (κ2) is 9.58. The lowest BCUT2D eigenvalue weighted by Crippen LogP contribution is -2.59. The lowest BCUT2D eigenvalue weighted by atomic mass is 10.1. The van der Waals surface area contributed by atoms with Crippen LogP contribution >= 0.6 is 0 Å². The molecule has 33 heavy (non-hydrogen) atoms. The van der Waals surface area contributed by atoms with E-state index in [1.807, 2.05) is 46.6 Å². The molecular formula is C22H36N6O5. The summed E-state index contributed by atoms with van der Waals surface area (Å²) in [5.74, 6) is -0.937. The van der Waals surface area contributed by atoms with Gasteiger partial charge in [-0.2, -0.15) is 9.97 Å². The number of nitrogens with zero attached hydrogens (tertiary/aromatic N) is 5. The van der Waals surface area contributed by atoms with E-state index in [4.69, 9.17) is 15.2 Å². The van der Waals surface area contributed by atoms with Crippen molar-refractivity contribution in [1.82, 2.24) is 19.8 Å². The van der Waals surface area contributed by atoms with Crippen molar-refractivity contribution in [3.05, 3.63) is 5.69 Å². The molecule has 11 heteroatoms. The van der Waals surface area contributed by atoms with E-state index in [1.165, 1.54) is 0 Å². The highest BCUT2D eigenvalue weighted by Gasteiger charge is 2.37. The van der Waals surface area contributed by atoms with Crippen LogP contribution in [0.5, 0.6) is 6.01 Å². The first-order valence-corrected chi connectivity index (χ1v) is 11.4. The Kier molecular flexibility index (Phi) is 7.20. The number of anilines is 2. The number of likely N-dealkylation sites (N-methyl/N-ethyl adjacent to an activating group) is 1. The third-order valence-electron chi connectivity index (χ3n) is 6.00. The van der Waals surface area contributed by atoms with Gasteiger partial charge in [0.2, 0.25) is 0 Å². The Morgan fingerprint density at radius 3 is 2.33 bits per heavy atom. The van der Waals surface area contributed by atoms with E-state index in [-0.39, 0.29) is 41.6 Å². The van der Waals surface area contributed by atoms with Gasteiger partial charge in [-0.15, -0.1) is 0 Å². The number of ether oxygens (including phenoxy) is 2. The van der Waals surface area contributed by atoms with Crippen molar-refractivity contribution in [2.45, 2.75) is 71.2 Å². The van der Waals surface area contributed by atoms with Gasteiger partial charge in [0.15, 0.2) is 11.5 Å². The molecule has 0 bridgehead atoms. The van der Waals surface area contributed by atoms with Gasteiger partial charge in [0.1, 0.15) is 17.9 Å². The normalized spacial score (nSPS) is 24.1. The Morgan fingerprint density at radius 2 is 1.82 bits per heavy atom. The smallest absolute Gasteiger partial charge is 0.410 e. The topological polar surface area (TPSA) is 134 Å². The van der Waals surface area contributed by atoms with Crippen LogP contribution in [0.2, 0.25) is 0 Å². The highest BCUT2D eigenvalue weighted by Crippen LogP contribution is 2.32. The number of nitrogen functional groups attached to an aromatic ring is 1. The minimum Gasteiger partial charge on any atom is -0.476 e. The zero-order chi connectivity index (χ0) is 24.5. The Hall–Kier alpha value is -2.82. The molecule has 3 N–H and O–H groups in total. The molecule has 1 aromatic rings. The summed E-state index contributed by atoms with van der Waals surface area (Å²) in [4.78, 5) is 38.8. The average Bonchev–Trinajstić information content (AvgIpc) is 3.10. The van der Waals surface area contributed by atoms with Crippen LogP contribution in [0.15, 0.2) is 0 Å². The third kappa shape index (κ3) is 5.76. The number of carbonyl (C=O) groups is 2. The van der Waals surface area contributed by atoms with Crippen LogP contribution in [-0.4, -0.2) is 94.0 Å². The summed E-state index contributed by atoms with van der Waals surface area (Å²) in [6.07, 6.45) is 1.72. The minimum atomic E-state index is -1.24. The van der Waals surface area contributed by atoms with Gasteiger partial charge < -0.3 is 35.0 Å². The van der Waals surface area contributed by atoms with Crippen LogP contribution in [0, 0.1) is 0 Å². The van der Waals surface area contributed by atoms with Gasteiger partial charge in [-0.25, -0.2) is 9.59 Å². The van der Waals surface area contributed by atoms with Crippen LogP contribution in [0.25, 0.3) is 0 Å². The van der Waals surface area contributed by atoms with E-state index in [2.05, 4.69) is 14.9 Å². The number of carboxylic acid groups (broad SMARTS) is 1. The Labute approximate surface area is 194 Å². The van der Waals surface area contributed by atoms with E-state index in [0.29, 0.717) is 25.5 Å². The van der Waals surface area contributed by atoms with Crippen molar-refractivity contribution in [2.75, 3.05) is 43.9 Å². The van der Waals surface area contributed by atoms with Gasteiger partial charge in [0.05, 0.1) is 0 Å². The third-order valence-corrected chi connectivity index (χ3v) is 6.00. The van der Waals surface area contributed by atoms with E-state index in [1.54, 1.807) is 4.90 Å². The monoisotopic (exact) mass is 464 g/mol. The van der Waals surface area contributed by atoms with Crippen molar-refractivity contribution < 1.29 is 24.2 Å². The minimum absolute atomic E-state index is 0.00845. The highest BCUT2D eigenvalue weighted by atomic mass is 16.6. The zero-order valence-corrected chi connectivity index (χ0v) is 20.4. The second-order valence-corrected chi connectivity index (χ2v) is 9.98. The number of rotatable bonds is 5. The van der Waals surface area contributed by atoms with Crippen LogP contribution in [0.3, 0.4) is 0 Å². The molecule has 3 heterocycles. The second-order valence-electron chi connectivity index (χ2n) is 9.98. The highest BCUT2D eigenvalue weighted by molar-refractivity contribution is 5.94. The van der Waals surface area contributed by atoms with Crippen molar-refractivity contribution in [3.8, 4) is 6.01 Å². The number of nitrogens with two attached hydrogens (primary N) is 1. The average molecular weight is 465 g/mol. The molecule has 1 aromatic heterocycles. The quantitative estimate of drug-likeness (QED) is 0.667. The summed E-state index contributed by atoms with van der Waals surface area (Å²) in [7, 11) is 2.03. The Morgan fingerprint density at radius 1 is 1.18 bits per heavy atom. The predicted octanol–water partition coefficient (Wildman–Crippen LogP) is 2.06. The SMILES string of the molecule is C[C@H]1CN(C(=O)OC(C)(C)C)C[C@H](C)N1c1nc(OC[C@@H]2CCCN2C)nc(C(=O)O)c1N. The molecule has 1 amide bonds. The fourth-order valence-corrected chi connectivity index (χ4v) is 4.44. The summed E-state index contributed by atoms with van der Waals surface area (Å²) >= 11 is 0. The van der Waals surface area contributed by atoms with Gasteiger partial charge in [0, 0.05) is 31.2 Å². The standard InChI is InChI=1S/C22H36N6O5/c1-13-10-27(21(31)33-22(3,4)5)11-14(2)28(13)18-16(23)17(19(29)30)24-20(25-18)32-12-15-8-7-9-26(15)6/h13-15H,7-12,23H2,1-6H3,(H,29,30)/t13-,14-,15-/m0/s1. The van der Waals surface area contributed by atoms with Crippen LogP contribution < -0.4 is 15.4 Å². The number of piperazine rings is 1. The predicted molar refractivity (Wildman–Crippen MR) is 124 cm³/mol. The number of aromatic carboxylic acids is 1. The molecule has 0 saturated carbocycles. The summed E-state index contributed by atoms with van der Waals surface area (Å²) in [6.45, 7) is 11.5. The number of hydrogen-bond acceptors (Lipinski definition) is 9. The van der Waals surface area contributed by atoms with E-state index in [9.17, 15) is 14.7 Å². The molecule has 0 radical (unpaired) electrons. The molecule has 2 fully saturated rings. The van der Waals surface area contributed by atoms with E-state index in [0.717, 1.165) is 19.4 Å². The van der Waals surface area contributed by atoms with Gasteiger partial charge in [-0.3, -0.25) is 0 Å². The summed E-state index contributed by atoms with van der Waals surface area (Å²) in [5.41, 5.74) is 5.32. The molecule has 184 valence electrons. The number of carboxylic acids is 1. The first-order valence-electron chi connectivity index (χ1n) is 11.4. The maximum Gasteiger partial charge on any atom is 0.410 e. The molecule has 2 aliphatic heterocycles. The molecule has 11 nitrogen and oxygen atoms in total. The van der Waals surface area contributed by atoms with Gasteiger partial charge in [-0.05, 0) is 61.1 Å². The lowest BCUT2D eigenvalue weighted by molar-refractivity contribution is 0.0192. The molecule has 0 spiro atoms. The molecule has 2 saturated heterocycles. The molecule has 3 atom stereocenters. The fourth-order valence-electron chi connectivity index (χ4n) is 4.44. The first kappa shape index (κ1) is 24.8. The molecule has 0 unspecified atom stereocenters. The molecule has 0 aromatic carbocycles. The Balaban J connectivity index is 1.84. The summed E-state index contributed by atoms with van der Waals surface area (Å²) in [6, 6.07) is -0.146. The molecule has 2 aliphatic rings. The largest absolute Gasteiger partial charge is 0.476 e.